The van der Waals surface area contributed by atoms with Crippen LogP contribution in [-0.4, -0.2) is 30.6 Å². The maximum Gasteiger partial charge on any atom is 0.416 e. The molecule has 2 aromatic carbocycles. The fraction of sp³-hybridized carbons (Fsp3) is 0.455. The maximum atomic E-state index is 13.8. The van der Waals surface area contributed by atoms with Crippen LogP contribution < -0.4 is 5.73 Å². The van der Waals surface area contributed by atoms with Crippen molar-refractivity contribution in [2.45, 2.75) is 43.8 Å². The number of nitrogens with two attached hydrogens (primary N) is 1. The third-order valence-electron chi connectivity index (χ3n) is 5.60. The zero-order valence-electron chi connectivity index (χ0n) is 16.4. The van der Waals surface area contributed by atoms with Crippen molar-refractivity contribution in [1.29, 1.82) is 0 Å². The fourth-order valence-electron chi connectivity index (χ4n) is 3.93. The lowest BCUT2D eigenvalue weighted by atomic mass is 9.90. The molecule has 1 aliphatic rings. The normalized spacial score (nSPS) is 19.1. The third kappa shape index (κ3) is 5.76. The minimum absolute atomic E-state index is 0.0441. The van der Waals surface area contributed by atoms with Gasteiger partial charge < -0.3 is 10.6 Å². The molecule has 0 aromatic heterocycles. The summed E-state index contributed by atoms with van der Waals surface area (Å²) in [6.07, 6.45) is -1.90. The van der Waals surface area contributed by atoms with Gasteiger partial charge in [-0.05, 0) is 74.0 Å². The van der Waals surface area contributed by atoms with Crippen molar-refractivity contribution in [2.75, 3.05) is 19.6 Å². The van der Waals surface area contributed by atoms with Gasteiger partial charge >= 0.3 is 6.18 Å². The summed E-state index contributed by atoms with van der Waals surface area (Å²) in [5.74, 6) is -3.01. The van der Waals surface area contributed by atoms with Crippen molar-refractivity contribution in [3.8, 4) is 0 Å². The molecule has 1 saturated heterocycles. The van der Waals surface area contributed by atoms with Crippen LogP contribution in [0.5, 0.6) is 0 Å². The van der Waals surface area contributed by atoms with Gasteiger partial charge in [0.15, 0.2) is 11.6 Å². The number of hydrogen-bond donors (Lipinski definition) is 1. The van der Waals surface area contributed by atoms with E-state index in [-0.39, 0.29) is 17.9 Å². The molecule has 1 fully saturated rings. The Labute approximate surface area is 171 Å². The number of alkyl halides is 3. The van der Waals surface area contributed by atoms with Crippen molar-refractivity contribution < 1.29 is 26.3 Å². The smallest absolute Gasteiger partial charge is 0.327 e. The molecule has 0 aliphatic carbocycles. The highest BCUT2D eigenvalue weighted by molar-refractivity contribution is 5.27. The Morgan fingerprint density at radius 2 is 1.67 bits per heavy atom. The second-order valence-corrected chi connectivity index (χ2v) is 7.87. The van der Waals surface area contributed by atoms with E-state index in [1.807, 2.05) is 0 Å². The summed E-state index contributed by atoms with van der Waals surface area (Å²) in [5, 5.41) is 0. The summed E-state index contributed by atoms with van der Waals surface area (Å²) in [4.78, 5) is 2.19. The van der Waals surface area contributed by atoms with E-state index in [0.717, 1.165) is 43.1 Å². The Hall–Kier alpha value is -2.06. The quantitative estimate of drug-likeness (QED) is 0.500. The van der Waals surface area contributed by atoms with Gasteiger partial charge in [-0.2, -0.15) is 13.2 Å². The van der Waals surface area contributed by atoms with Crippen molar-refractivity contribution in [1.82, 2.24) is 4.90 Å². The molecule has 2 nitrogen and oxygen atoms in total. The second-order valence-electron chi connectivity index (χ2n) is 7.87. The van der Waals surface area contributed by atoms with E-state index in [4.69, 9.17) is 5.73 Å². The van der Waals surface area contributed by atoms with E-state index >= 15 is 0 Å². The van der Waals surface area contributed by atoms with Crippen molar-refractivity contribution in [3.05, 3.63) is 70.5 Å². The molecule has 1 heterocycles. The fourth-order valence-corrected chi connectivity index (χ4v) is 3.93. The highest BCUT2D eigenvalue weighted by Gasteiger charge is 2.30. The molecule has 2 N–H and O–H groups in total. The summed E-state index contributed by atoms with van der Waals surface area (Å²) >= 11 is 0. The highest BCUT2D eigenvalue weighted by Crippen LogP contribution is 2.32. The van der Waals surface area contributed by atoms with Crippen LogP contribution in [-0.2, 0) is 12.6 Å². The predicted octanol–water partition coefficient (Wildman–Crippen LogP) is 5.26. The molecule has 2 aromatic rings. The van der Waals surface area contributed by atoms with Crippen LogP contribution in [0.4, 0.5) is 26.3 Å². The first-order chi connectivity index (χ1) is 14.1. The molecular weight excluding hydrogens is 406 g/mol. The van der Waals surface area contributed by atoms with Crippen LogP contribution in [0, 0.1) is 17.5 Å². The summed E-state index contributed by atoms with van der Waals surface area (Å²) < 4.78 is 78.4. The Morgan fingerprint density at radius 3 is 2.33 bits per heavy atom. The summed E-state index contributed by atoms with van der Waals surface area (Å²) in [5.41, 5.74) is 6.33. The minimum atomic E-state index is -4.35. The summed E-state index contributed by atoms with van der Waals surface area (Å²) in [6, 6.07) is 6.24. The standard InChI is InChI=1S/C22H24F6N2/c23-19-12-21(25)20(24)11-16(19)10-18(29)7-9-30-8-1-2-15(13-30)14-3-5-17(6-4-14)22(26,27)28/h3-6,11-12,15,18H,1-2,7-10,13,29H2. The molecule has 1 aliphatic heterocycles. The monoisotopic (exact) mass is 430 g/mol. The first-order valence-corrected chi connectivity index (χ1v) is 9.92. The largest absolute Gasteiger partial charge is 0.416 e. The van der Waals surface area contributed by atoms with Gasteiger partial charge in [-0.1, -0.05) is 12.1 Å². The van der Waals surface area contributed by atoms with Crippen LogP contribution in [0.15, 0.2) is 36.4 Å². The molecule has 3 rings (SSSR count). The number of rotatable bonds is 6. The molecule has 0 radical (unpaired) electrons. The average Bonchev–Trinajstić information content (AvgIpc) is 2.70. The van der Waals surface area contributed by atoms with Crippen LogP contribution >= 0.6 is 0 Å². The minimum Gasteiger partial charge on any atom is -0.327 e. The Balaban J connectivity index is 1.53. The molecule has 30 heavy (non-hydrogen) atoms. The first-order valence-electron chi connectivity index (χ1n) is 9.92. The summed E-state index contributed by atoms with van der Waals surface area (Å²) in [6.45, 7) is 2.20. The van der Waals surface area contributed by atoms with Gasteiger partial charge in [-0.25, -0.2) is 13.2 Å². The average molecular weight is 430 g/mol. The number of piperidine rings is 1. The van der Waals surface area contributed by atoms with Gasteiger partial charge in [0.25, 0.3) is 0 Å². The third-order valence-corrected chi connectivity index (χ3v) is 5.60. The maximum absolute atomic E-state index is 13.8. The molecule has 2 unspecified atom stereocenters. The van der Waals surface area contributed by atoms with E-state index in [1.54, 1.807) is 0 Å². The number of benzene rings is 2. The highest BCUT2D eigenvalue weighted by atomic mass is 19.4. The molecule has 0 amide bonds. The van der Waals surface area contributed by atoms with E-state index in [9.17, 15) is 26.3 Å². The lowest BCUT2D eigenvalue weighted by Gasteiger charge is -2.33. The van der Waals surface area contributed by atoms with Crippen LogP contribution in [0.1, 0.15) is 41.9 Å². The van der Waals surface area contributed by atoms with Gasteiger partial charge in [-0.15, -0.1) is 0 Å². The van der Waals surface area contributed by atoms with Gasteiger partial charge in [0, 0.05) is 18.7 Å². The van der Waals surface area contributed by atoms with Crippen LogP contribution in [0.2, 0.25) is 0 Å². The Kier molecular flexibility index (Phi) is 7.08. The van der Waals surface area contributed by atoms with Crippen molar-refractivity contribution in [2.24, 2.45) is 5.73 Å². The predicted molar refractivity (Wildman–Crippen MR) is 102 cm³/mol. The molecule has 2 atom stereocenters. The van der Waals surface area contributed by atoms with Crippen molar-refractivity contribution in [3.63, 3.8) is 0 Å². The SMILES string of the molecule is NC(CCN1CCCC(c2ccc(C(F)(F)F)cc2)C1)Cc1cc(F)c(F)cc1F. The van der Waals surface area contributed by atoms with E-state index in [1.165, 1.54) is 12.1 Å². The molecule has 164 valence electrons. The lowest BCUT2D eigenvalue weighted by molar-refractivity contribution is -0.137. The van der Waals surface area contributed by atoms with Gasteiger partial charge in [0.1, 0.15) is 5.82 Å². The summed E-state index contributed by atoms with van der Waals surface area (Å²) in [7, 11) is 0. The number of halogens is 6. The molecule has 0 spiro atoms. The zero-order chi connectivity index (χ0) is 21.9. The number of hydrogen-bond acceptors (Lipinski definition) is 2. The Bertz CT molecular complexity index is 850. The molecule has 8 heteroatoms. The molecule has 0 saturated carbocycles. The zero-order valence-corrected chi connectivity index (χ0v) is 16.4. The molecular formula is C22H24F6N2. The number of nitrogens with zero attached hydrogens (tertiary/aromatic N) is 1. The van der Waals surface area contributed by atoms with E-state index in [0.29, 0.717) is 25.6 Å². The Morgan fingerprint density at radius 1 is 1.00 bits per heavy atom. The van der Waals surface area contributed by atoms with Crippen LogP contribution in [0.3, 0.4) is 0 Å². The lowest BCUT2D eigenvalue weighted by Crippen LogP contribution is -2.38. The topological polar surface area (TPSA) is 29.3 Å². The van der Waals surface area contributed by atoms with Gasteiger partial charge in [0.05, 0.1) is 5.56 Å². The second kappa shape index (κ2) is 9.39. The number of likely N-dealkylation sites (tertiary alicyclic amines) is 1. The van der Waals surface area contributed by atoms with Gasteiger partial charge in [0.2, 0.25) is 0 Å². The van der Waals surface area contributed by atoms with E-state index < -0.39 is 35.2 Å². The first kappa shape index (κ1) is 22.6. The van der Waals surface area contributed by atoms with Gasteiger partial charge in [-0.3, -0.25) is 0 Å². The van der Waals surface area contributed by atoms with Crippen LogP contribution in [0.25, 0.3) is 0 Å². The van der Waals surface area contributed by atoms with Crippen molar-refractivity contribution >= 4 is 0 Å². The molecule has 0 bridgehead atoms. The van der Waals surface area contributed by atoms with E-state index in [2.05, 4.69) is 4.90 Å².